The normalized spacial score (nSPS) is 14.6. The third kappa shape index (κ3) is 4.35. The van der Waals surface area contributed by atoms with Crippen molar-refractivity contribution in [1.82, 2.24) is 10.3 Å². The molecule has 0 amide bonds. The summed E-state index contributed by atoms with van der Waals surface area (Å²) in [6.45, 7) is 2.50. The zero-order valence-corrected chi connectivity index (χ0v) is 10.9. The maximum atomic E-state index is 9.98. The minimum Gasteiger partial charge on any atom is -0.465 e. The van der Waals surface area contributed by atoms with Crippen molar-refractivity contribution in [2.75, 3.05) is 6.54 Å². The molecule has 2 rings (SSSR count). The van der Waals surface area contributed by atoms with E-state index in [9.17, 15) is 5.11 Å². The number of nitrogens with zero attached hydrogens (tertiary/aromatic N) is 1. The molecule has 2 aromatic heterocycles. The van der Waals surface area contributed by atoms with Gasteiger partial charge in [0.15, 0.2) is 0 Å². The van der Waals surface area contributed by atoms with Crippen LogP contribution in [0.4, 0.5) is 0 Å². The monoisotopic (exact) mass is 258 g/mol. The molecule has 2 atom stereocenters. The molecule has 0 aliphatic rings. The molecular formula is C15H18N2O2. The highest BCUT2D eigenvalue weighted by Crippen LogP contribution is 2.09. The highest BCUT2D eigenvalue weighted by atomic mass is 16.3. The summed E-state index contributed by atoms with van der Waals surface area (Å²) in [4.78, 5) is 3.99. The molecule has 100 valence electrons. The van der Waals surface area contributed by atoms with Crippen molar-refractivity contribution in [2.24, 2.45) is 0 Å². The number of rotatable bonds is 6. The van der Waals surface area contributed by atoms with Crippen molar-refractivity contribution in [3.8, 4) is 0 Å². The summed E-state index contributed by atoms with van der Waals surface area (Å²) in [5, 5.41) is 13.2. The van der Waals surface area contributed by atoms with Crippen LogP contribution in [-0.2, 0) is 0 Å². The van der Waals surface area contributed by atoms with E-state index in [-0.39, 0.29) is 6.04 Å². The Hall–Kier alpha value is -1.91. The van der Waals surface area contributed by atoms with Crippen LogP contribution in [0.15, 0.2) is 53.4 Å². The Bertz CT molecular complexity index is 494. The maximum Gasteiger partial charge on any atom is 0.126 e. The van der Waals surface area contributed by atoms with E-state index in [1.165, 1.54) is 0 Å². The number of furan rings is 1. The largest absolute Gasteiger partial charge is 0.465 e. The minimum absolute atomic E-state index is 0.149. The van der Waals surface area contributed by atoms with E-state index in [0.29, 0.717) is 6.54 Å². The number of nitrogens with one attached hydrogen (secondary N) is 1. The van der Waals surface area contributed by atoms with Crippen molar-refractivity contribution in [2.45, 2.75) is 19.1 Å². The molecule has 2 N–H and O–H groups in total. The van der Waals surface area contributed by atoms with Crippen LogP contribution in [0.3, 0.4) is 0 Å². The van der Waals surface area contributed by atoms with E-state index in [1.54, 1.807) is 18.7 Å². The molecule has 2 unspecified atom stereocenters. The predicted molar refractivity (Wildman–Crippen MR) is 74.4 cm³/mol. The summed E-state index contributed by atoms with van der Waals surface area (Å²) < 4.78 is 5.21. The molecule has 0 saturated heterocycles. The number of aliphatic hydroxyl groups excluding tert-OH is 1. The summed E-state index contributed by atoms with van der Waals surface area (Å²) in [7, 11) is 0. The van der Waals surface area contributed by atoms with E-state index in [1.807, 2.05) is 43.3 Å². The SMILES string of the molecule is CC(/C=C/c1ccco1)NCC(O)c1cccnc1. The van der Waals surface area contributed by atoms with Crippen LogP contribution in [0.2, 0.25) is 0 Å². The van der Waals surface area contributed by atoms with Gasteiger partial charge in [-0.15, -0.1) is 0 Å². The van der Waals surface area contributed by atoms with Crippen molar-refractivity contribution >= 4 is 6.08 Å². The first-order chi connectivity index (χ1) is 9.25. The number of hydrogen-bond donors (Lipinski definition) is 2. The standard InChI is InChI=1S/C15H18N2O2/c1-12(6-7-14-5-3-9-19-14)17-11-15(18)13-4-2-8-16-10-13/h2-10,12,15,17-18H,11H2,1H3/b7-6+. The Morgan fingerprint density at radius 1 is 1.42 bits per heavy atom. The molecule has 0 fully saturated rings. The number of pyridine rings is 1. The van der Waals surface area contributed by atoms with Crippen LogP contribution in [0.25, 0.3) is 6.08 Å². The molecule has 19 heavy (non-hydrogen) atoms. The van der Waals surface area contributed by atoms with Gasteiger partial charge in [0, 0.05) is 30.5 Å². The Balaban J connectivity index is 1.79. The van der Waals surface area contributed by atoms with Crippen molar-refractivity contribution < 1.29 is 9.52 Å². The third-order valence-corrected chi connectivity index (χ3v) is 2.79. The fourth-order valence-corrected chi connectivity index (χ4v) is 1.68. The molecule has 2 heterocycles. The molecule has 0 aromatic carbocycles. The van der Waals surface area contributed by atoms with E-state index < -0.39 is 6.10 Å². The lowest BCUT2D eigenvalue weighted by atomic mass is 10.1. The number of aromatic nitrogens is 1. The molecular weight excluding hydrogens is 240 g/mol. The molecule has 4 nitrogen and oxygen atoms in total. The number of aliphatic hydroxyl groups is 1. The molecule has 4 heteroatoms. The maximum absolute atomic E-state index is 9.98. The van der Waals surface area contributed by atoms with Crippen LogP contribution in [0.1, 0.15) is 24.4 Å². The van der Waals surface area contributed by atoms with Gasteiger partial charge in [-0.25, -0.2) is 0 Å². The lowest BCUT2D eigenvalue weighted by molar-refractivity contribution is 0.172. The Kier molecular flexibility index (Phi) is 4.89. The van der Waals surface area contributed by atoms with Gasteiger partial charge in [0.05, 0.1) is 12.4 Å². The highest BCUT2D eigenvalue weighted by Gasteiger charge is 2.07. The Labute approximate surface area is 112 Å². The Morgan fingerprint density at radius 2 is 2.32 bits per heavy atom. The van der Waals surface area contributed by atoms with Gasteiger partial charge in [0.1, 0.15) is 5.76 Å². The quantitative estimate of drug-likeness (QED) is 0.835. The van der Waals surface area contributed by atoms with Gasteiger partial charge < -0.3 is 14.8 Å². The first kappa shape index (κ1) is 13.5. The van der Waals surface area contributed by atoms with E-state index in [0.717, 1.165) is 11.3 Å². The van der Waals surface area contributed by atoms with Gasteiger partial charge in [-0.1, -0.05) is 12.1 Å². The summed E-state index contributed by atoms with van der Waals surface area (Å²) in [5.74, 6) is 0.821. The summed E-state index contributed by atoms with van der Waals surface area (Å²) in [6, 6.07) is 7.58. The van der Waals surface area contributed by atoms with Crippen LogP contribution in [0, 0.1) is 0 Å². The lowest BCUT2D eigenvalue weighted by Gasteiger charge is -2.14. The average Bonchev–Trinajstić information content (AvgIpc) is 2.96. The van der Waals surface area contributed by atoms with Gasteiger partial charge in [-0.05, 0) is 31.2 Å². The molecule has 0 saturated carbocycles. The van der Waals surface area contributed by atoms with Crippen LogP contribution in [0.5, 0.6) is 0 Å². The fourth-order valence-electron chi connectivity index (χ4n) is 1.68. The smallest absolute Gasteiger partial charge is 0.126 e. The van der Waals surface area contributed by atoms with Gasteiger partial charge >= 0.3 is 0 Å². The van der Waals surface area contributed by atoms with Gasteiger partial charge in [0.2, 0.25) is 0 Å². The number of hydrogen-bond acceptors (Lipinski definition) is 4. The second kappa shape index (κ2) is 6.87. The molecule has 2 aromatic rings. The molecule has 0 aliphatic carbocycles. The lowest BCUT2D eigenvalue weighted by Crippen LogP contribution is -2.28. The minimum atomic E-state index is -0.548. The van der Waals surface area contributed by atoms with Crippen molar-refractivity contribution in [1.29, 1.82) is 0 Å². The zero-order valence-electron chi connectivity index (χ0n) is 10.9. The second-order valence-corrected chi connectivity index (χ2v) is 4.37. The molecule has 0 aliphatic heterocycles. The first-order valence-electron chi connectivity index (χ1n) is 6.29. The van der Waals surface area contributed by atoms with Gasteiger partial charge in [-0.2, -0.15) is 0 Å². The van der Waals surface area contributed by atoms with E-state index in [4.69, 9.17) is 4.42 Å². The van der Waals surface area contributed by atoms with Gasteiger partial charge in [-0.3, -0.25) is 4.98 Å². The average molecular weight is 258 g/mol. The molecule has 0 bridgehead atoms. The van der Waals surface area contributed by atoms with Crippen molar-refractivity contribution in [3.05, 3.63) is 60.3 Å². The van der Waals surface area contributed by atoms with Crippen molar-refractivity contribution in [3.63, 3.8) is 0 Å². The van der Waals surface area contributed by atoms with Gasteiger partial charge in [0.25, 0.3) is 0 Å². The highest BCUT2D eigenvalue weighted by molar-refractivity contribution is 5.42. The van der Waals surface area contributed by atoms with Crippen LogP contribution < -0.4 is 5.32 Å². The summed E-state index contributed by atoms with van der Waals surface area (Å²) in [5.41, 5.74) is 0.817. The Morgan fingerprint density at radius 3 is 3.00 bits per heavy atom. The summed E-state index contributed by atoms with van der Waals surface area (Å²) >= 11 is 0. The fraction of sp³-hybridized carbons (Fsp3) is 0.267. The van der Waals surface area contributed by atoms with Crippen LogP contribution >= 0.6 is 0 Å². The predicted octanol–water partition coefficient (Wildman–Crippen LogP) is 2.40. The summed E-state index contributed by atoms with van der Waals surface area (Å²) in [6.07, 6.45) is 8.37. The zero-order chi connectivity index (χ0) is 13.5. The third-order valence-electron chi connectivity index (χ3n) is 2.79. The van der Waals surface area contributed by atoms with Crippen LogP contribution in [-0.4, -0.2) is 22.7 Å². The molecule has 0 spiro atoms. The van der Waals surface area contributed by atoms with E-state index in [2.05, 4.69) is 10.3 Å². The topological polar surface area (TPSA) is 58.3 Å². The first-order valence-corrected chi connectivity index (χ1v) is 6.29. The molecule has 0 radical (unpaired) electrons. The second-order valence-electron chi connectivity index (χ2n) is 4.37. The van der Waals surface area contributed by atoms with E-state index >= 15 is 0 Å².